The number of aliphatic imine (C=N–C) groups is 1. The summed E-state index contributed by atoms with van der Waals surface area (Å²) in [4.78, 5) is 4.88. The Balaban J connectivity index is 1.90. The molecule has 1 heterocycles. The molecule has 2 N–H and O–H groups in total. The Morgan fingerprint density at radius 1 is 1.28 bits per heavy atom. The van der Waals surface area contributed by atoms with Crippen molar-refractivity contribution in [3.05, 3.63) is 17.0 Å². The van der Waals surface area contributed by atoms with Gasteiger partial charge in [0.2, 0.25) is 0 Å². The first-order valence-corrected chi connectivity index (χ1v) is 9.53. The molecule has 1 aromatic rings. The molecule has 0 bridgehead atoms. The molecule has 142 valence electrons. The molecule has 0 unspecified atom stereocenters. The summed E-state index contributed by atoms with van der Waals surface area (Å²) in [7, 11) is 1.78. The number of aromatic nitrogens is 1. The molecule has 0 aromatic carbocycles. The summed E-state index contributed by atoms with van der Waals surface area (Å²) in [6, 6.07) is 0. The van der Waals surface area contributed by atoms with Crippen molar-refractivity contribution in [3.8, 4) is 0 Å². The lowest BCUT2D eigenvalue weighted by Crippen LogP contribution is -2.39. The van der Waals surface area contributed by atoms with Gasteiger partial charge in [-0.2, -0.15) is 0 Å². The second kappa shape index (κ2) is 9.80. The summed E-state index contributed by atoms with van der Waals surface area (Å²) >= 11 is 0. The number of ether oxygens (including phenoxy) is 1. The first-order valence-electron chi connectivity index (χ1n) is 9.53. The van der Waals surface area contributed by atoms with E-state index in [1.165, 1.54) is 31.2 Å². The minimum Gasteiger partial charge on any atom is -0.385 e. The van der Waals surface area contributed by atoms with Crippen LogP contribution in [0.15, 0.2) is 9.52 Å². The smallest absolute Gasteiger partial charge is 0.191 e. The highest BCUT2D eigenvalue weighted by Gasteiger charge is 2.33. The third-order valence-electron chi connectivity index (χ3n) is 5.27. The normalized spacial score (nSPS) is 17.0. The molecule has 1 aliphatic carbocycles. The van der Waals surface area contributed by atoms with Gasteiger partial charge < -0.3 is 19.9 Å². The van der Waals surface area contributed by atoms with Gasteiger partial charge in [-0.1, -0.05) is 18.0 Å². The minimum atomic E-state index is 0.319. The van der Waals surface area contributed by atoms with Crippen molar-refractivity contribution in [1.29, 1.82) is 0 Å². The number of methoxy groups -OCH3 is 1. The van der Waals surface area contributed by atoms with Crippen LogP contribution in [0.5, 0.6) is 0 Å². The van der Waals surface area contributed by atoms with E-state index in [1.54, 1.807) is 7.11 Å². The molecule has 0 aliphatic heterocycles. The van der Waals surface area contributed by atoms with Gasteiger partial charge in [-0.25, -0.2) is 0 Å². The molecule has 1 aliphatic rings. The van der Waals surface area contributed by atoms with Crippen LogP contribution < -0.4 is 10.6 Å². The Morgan fingerprint density at radius 2 is 2.04 bits per heavy atom. The lowest BCUT2D eigenvalue weighted by atomic mass is 9.83. The highest BCUT2D eigenvalue weighted by atomic mass is 16.5. The number of hydrogen-bond acceptors (Lipinski definition) is 4. The maximum absolute atomic E-state index is 5.32. The summed E-state index contributed by atoms with van der Waals surface area (Å²) in [6.45, 7) is 9.44. The van der Waals surface area contributed by atoms with Gasteiger partial charge in [0, 0.05) is 38.9 Å². The lowest BCUT2D eigenvalue weighted by molar-refractivity contribution is 0.141. The fourth-order valence-electron chi connectivity index (χ4n) is 3.68. The van der Waals surface area contributed by atoms with Crippen molar-refractivity contribution >= 4 is 5.96 Å². The van der Waals surface area contributed by atoms with E-state index in [4.69, 9.17) is 14.3 Å². The third-order valence-corrected chi connectivity index (χ3v) is 5.27. The number of aryl methyl sites for hydroxylation is 2. The topological polar surface area (TPSA) is 71.7 Å². The Kier molecular flexibility index (Phi) is 7.75. The van der Waals surface area contributed by atoms with Gasteiger partial charge in [0.05, 0.1) is 5.69 Å². The molecule has 1 aromatic heterocycles. The Bertz CT molecular complexity index is 528. The number of guanidine groups is 1. The molecule has 1 saturated carbocycles. The molecule has 25 heavy (non-hydrogen) atoms. The van der Waals surface area contributed by atoms with Gasteiger partial charge in [-0.15, -0.1) is 0 Å². The largest absolute Gasteiger partial charge is 0.385 e. The molecule has 0 amide bonds. The van der Waals surface area contributed by atoms with Crippen molar-refractivity contribution in [3.63, 3.8) is 0 Å². The minimum absolute atomic E-state index is 0.319. The van der Waals surface area contributed by atoms with Crippen molar-refractivity contribution in [2.45, 2.75) is 59.3 Å². The van der Waals surface area contributed by atoms with Crippen molar-refractivity contribution in [2.75, 3.05) is 33.4 Å². The van der Waals surface area contributed by atoms with Gasteiger partial charge in [-0.05, 0) is 51.9 Å². The zero-order valence-electron chi connectivity index (χ0n) is 16.3. The first kappa shape index (κ1) is 19.8. The number of hydrogen-bond donors (Lipinski definition) is 2. The van der Waals surface area contributed by atoms with Crippen LogP contribution in [0.4, 0.5) is 0 Å². The predicted octanol–water partition coefficient (Wildman–Crippen LogP) is 2.99. The first-order chi connectivity index (χ1) is 12.1. The Labute approximate surface area is 151 Å². The summed E-state index contributed by atoms with van der Waals surface area (Å²) in [5, 5.41) is 10.8. The quantitative estimate of drug-likeness (QED) is 0.529. The second-order valence-corrected chi connectivity index (χ2v) is 7.12. The summed E-state index contributed by atoms with van der Waals surface area (Å²) < 4.78 is 10.5. The van der Waals surface area contributed by atoms with Crippen LogP contribution in [0, 0.1) is 19.3 Å². The van der Waals surface area contributed by atoms with Gasteiger partial charge in [-0.3, -0.25) is 4.99 Å². The van der Waals surface area contributed by atoms with E-state index in [0.29, 0.717) is 5.41 Å². The van der Waals surface area contributed by atoms with Crippen LogP contribution >= 0.6 is 0 Å². The van der Waals surface area contributed by atoms with Crippen LogP contribution in [0.3, 0.4) is 0 Å². The molecule has 0 spiro atoms. The van der Waals surface area contributed by atoms with E-state index in [-0.39, 0.29) is 0 Å². The van der Waals surface area contributed by atoms with Crippen LogP contribution in [-0.4, -0.2) is 44.5 Å². The summed E-state index contributed by atoms with van der Waals surface area (Å²) in [5.74, 6) is 1.81. The molecular formula is C19H34N4O2. The molecule has 6 nitrogen and oxygen atoms in total. The van der Waals surface area contributed by atoms with Gasteiger partial charge in [0.1, 0.15) is 5.76 Å². The second-order valence-electron chi connectivity index (χ2n) is 7.12. The average Bonchev–Trinajstić information content (AvgIpc) is 3.20. The summed E-state index contributed by atoms with van der Waals surface area (Å²) in [6.07, 6.45) is 7.15. The van der Waals surface area contributed by atoms with E-state index < -0.39 is 0 Å². The maximum Gasteiger partial charge on any atom is 0.191 e. The van der Waals surface area contributed by atoms with Crippen molar-refractivity contribution in [1.82, 2.24) is 15.8 Å². The zero-order chi connectivity index (χ0) is 18.1. The van der Waals surface area contributed by atoms with Gasteiger partial charge in [0.25, 0.3) is 0 Å². The molecule has 6 heteroatoms. The standard InChI is InChI=1S/C19H34N4O2/c1-5-20-18(21-12-8-17-15(2)23-25-16(17)3)22-14-19(11-13-24-4)9-6-7-10-19/h5-14H2,1-4H3,(H2,20,21,22). The van der Waals surface area contributed by atoms with Crippen molar-refractivity contribution < 1.29 is 9.26 Å². The predicted molar refractivity (Wildman–Crippen MR) is 101 cm³/mol. The maximum atomic E-state index is 5.32. The van der Waals surface area contributed by atoms with E-state index in [9.17, 15) is 0 Å². The fourth-order valence-corrected chi connectivity index (χ4v) is 3.68. The van der Waals surface area contributed by atoms with Gasteiger partial charge >= 0.3 is 0 Å². The number of nitrogens with one attached hydrogen (secondary N) is 2. The van der Waals surface area contributed by atoms with E-state index in [1.807, 2.05) is 13.8 Å². The van der Waals surface area contributed by atoms with Crippen LogP contribution in [0.25, 0.3) is 0 Å². The third kappa shape index (κ3) is 5.73. The van der Waals surface area contributed by atoms with E-state index in [0.717, 1.165) is 56.5 Å². The summed E-state index contributed by atoms with van der Waals surface area (Å²) in [5.41, 5.74) is 2.49. The average molecular weight is 351 g/mol. The molecule has 0 atom stereocenters. The zero-order valence-corrected chi connectivity index (χ0v) is 16.3. The molecule has 0 radical (unpaired) electrons. The SMILES string of the molecule is CCNC(=NCC1(CCOC)CCCC1)NCCc1c(C)noc1C. The fraction of sp³-hybridized carbons (Fsp3) is 0.789. The highest BCUT2D eigenvalue weighted by Crippen LogP contribution is 2.41. The Hall–Kier alpha value is -1.56. The van der Waals surface area contributed by atoms with Crippen LogP contribution in [-0.2, 0) is 11.2 Å². The Morgan fingerprint density at radius 3 is 2.64 bits per heavy atom. The van der Waals surface area contributed by atoms with Crippen LogP contribution in [0.2, 0.25) is 0 Å². The van der Waals surface area contributed by atoms with Crippen molar-refractivity contribution in [2.24, 2.45) is 10.4 Å². The van der Waals surface area contributed by atoms with Gasteiger partial charge in [0.15, 0.2) is 5.96 Å². The molecular weight excluding hydrogens is 316 g/mol. The lowest BCUT2D eigenvalue weighted by Gasteiger charge is -2.27. The molecule has 0 saturated heterocycles. The molecule has 1 fully saturated rings. The highest BCUT2D eigenvalue weighted by molar-refractivity contribution is 5.79. The van der Waals surface area contributed by atoms with E-state index in [2.05, 4.69) is 22.7 Å². The number of rotatable bonds is 9. The van der Waals surface area contributed by atoms with Crippen LogP contribution in [0.1, 0.15) is 56.0 Å². The van der Waals surface area contributed by atoms with E-state index >= 15 is 0 Å². The number of nitrogens with zero attached hydrogens (tertiary/aromatic N) is 2. The monoisotopic (exact) mass is 350 g/mol. The molecule has 2 rings (SSSR count).